The lowest BCUT2D eigenvalue weighted by Gasteiger charge is -2.38. The van der Waals surface area contributed by atoms with Gasteiger partial charge in [0, 0.05) is 25.8 Å². The van der Waals surface area contributed by atoms with Gasteiger partial charge in [-0.05, 0) is 29.3 Å². The molecule has 0 saturated carbocycles. The van der Waals surface area contributed by atoms with Crippen molar-refractivity contribution in [2.45, 2.75) is 10.9 Å². The van der Waals surface area contributed by atoms with Gasteiger partial charge in [-0.3, -0.25) is 9.78 Å². The molecular weight excluding hydrogens is 454 g/mol. The molecule has 1 saturated heterocycles. The SMILES string of the molecule is O=C(O)[C@H]1CN(c2cnc3cnccc3n2)CCN1S(=O)(=O)c1ccc(-c2ccccc2)cc1. The number of carbonyl (C=O) groups is 1. The largest absolute Gasteiger partial charge is 0.480 e. The zero-order chi connectivity index (χ0) is 23.7. The van der Waals surface area contributed by atoms with E-state index in [4.69, 9.17) is 0 Å². The molecule has 3 heterocycles. The van der Waals surface area contributed by atoms with E-state index in [2.05, 4.69) is 15.0 Å². The number of carboxylic acid groups (broad SMARTS) is 1. The fourth-order valence-corrected chi connectivity index (χ4v) is 5.62. The number of piperazine rings is 1. The Morgan fingerprint density at radius 3 is 2.38 bits per heavy atom. The van der Waals surface area contributed by atoms with Gasteiger partial charge in [-0.25, -0.2) is 18.4 Å². The second kappa shape index (κ2) is 8.81. The molecule has 9 nitrogen and oxygen atoms in total. The molecule has 0 amide bonds. The summed E-state index contributed by atoms with van der Waals surface area (Å²) in [7, 11) is -4.01. The molecule has 0 unspecified atom stereocenters. The topological polar surface area (TPSA) is 117 Å². The van der Waals surface area contributed by atoms with E-state index < -0.39 is 22.0 Å². The third-order valence-electron chi connectivity index (χ3n) is 5.84. The highest BCUT2D eigenvalue weighted by Gasteiger charge is 2.40. The van der Waals surface area contributed by atoms with Crippen molar-refractivity contribution in [3.63, 3.8) is 0 Å². The average Bonchev–Trinajstić information content (AvgIpc) is 2.88. The molecule has 34 heavy (non-hydrogen) atoms. The van der Waals surface area contributed by atoms with Crippen LogP contribution in [-0.2, 0) is 14.8 Å². The van der Waals surface area contributed by atoms with Crippen LogP contribution < -0.4 is 4.90 Å². The number of hydrogen-bond donors (Lipinski definition) is 1. The smallest absolute Gasteiger partial charge is 0.323 e. The summed E-state index contributed by atoms with van der Waals surface area (Å²) in [5.74, 6) is -0.721. The van der Waals surface area contributed by atoms with Crippen molar-refractivity contribution in [1.82, 2.24) is 19.3 Å². The zero-order valence-electron chi connectivity index (χ0n) is 18.0. The molecule has 0 bridgehead atoms. The van der Waals surface area contributed by atoms with Gasteiger partial charge in [-0.15, -0.1) is 0 Å². The molecule has 0 spiro atoms. The number of rotatable bonds is 5. The summed E-state index contributed by atoms with van der Waals surface area (Å²) in [4.78, 5) is 26.8. The van der Waals surface area contributed by atoms with Gasteiger partial charge in [0.05, 0.1) is 22.8 Å². The molecule has 1 N–H and O–H groups in total. The number of pyridine rings is 1. The third-order valence-corrected chi connectivity index (χ3v) is 7.76. The molecule has 1 fully saturated rings. The lowest BCUT2D eigenvalue weighted by Crippen LogP contribution is -2.58. The minimum absolute atomic E-state index is 0.00972. The number of sulfonamides is 1. The number of aromatic nitrogens is 3. The van der Waals surface area contributed by atoms with E-state index in [-0.39, 0.29) is 24.5 Å². The molecule has 2 aromatic carbocycles. The summed E-state index contributed by atoms with van der Waals surface area (Å²) < 4.78 is 27.8. The predicted octanol–water partition coefficient (Wildman–Crippen LogP) is 2.66. The summed E-state index contributed by atoms with van der Waals surface area (Å²) in [5.41, 5.74) is 3.11. The fourth-order valence-electron chi connectivity index (χ4n) is 4.05. The number of hydrogen-bond acceptors (Lipinski definition) is 7. The van der Waals surface area contributed by atoms with Gasteiger partial charge in [-0.2, -0.15) is 4.31 Å². The minimum Gasteiger partial charge on any atom is -0.480 e. The Morgan fingerprint density at radius 2 is 1.65 bits per heavy atom. The zero-order valence-corrected chi connectivity index (χ0v) is 18.8. The number of carboxylic acids is 1. The van der Waals surface area contributed by atoms with Gasteiger partial charge in [0.2, 0.25) is 10.0 Å². The summed E-state index contributed by atoms with van der Waals surface area (Å²) in [6.45, 7) is 0.258. The summed E-state index contributed by atoms with van der Waals surface area (Å²) in [5, 5.41) is 9.87. The average molecular weight is 476 g/mol. The Hall–Kier alpha value is -3.89. The molecule has 2 aromatic heterocycles. The van der Waals surface area contributed by atoms with Gasteiger partial charge in [-0.1, -0.05) is 42.5 Å². The molecule has 4 aromatic rings. The van der Waals surface area contributed by atoms with Crippen molar-refractivity contribution in [2.75, 3.05) is 24.5 Å². The monoisotopic (exact) mass is 475 g/mol. The molecule has 1 atom stereocenters. The normalized spacial score (nSPS) is 17.1. The van der Waals surface area contributed by atoms with E-state index in [1.807, 2.05) is 30.3 Å². The van der Waals surface area contributed by atoms with Gasteiger partial charge >= 0.3 is 5.97 Å². The molecule has 172 valence electrons. The number of nitrogens with zero attached hydrogens (tertiary/aromatic N) is 5. The number of fused-ring (bicyclic) bond motifs is 1. The summed E-state index contributed by atoms with van der Waals surface area (Å²) in [6.07, 6.45) is 4.75. The second-order valence-corrected chi connectivity index (χ2v) is 9.79. The Kier molecular flexibility index (Phi) is 5.68. The van der Waals surface area contributed by atoms with Crippen LogP contribution in [0, 0.1) is 0 Å². The van der Waals surface area contributed by atoms with Crippen LogP contribution in [0.15, 0.2) is 84.1 Å². The first-order valence-electron chi connectivity index (χ1n) is 10.7. The van der Waals surface area contributed by atoms with Gasteiger partial charge in [0.25, 0.3) is 0 Å². The summed E-state index contributed by atoms with van der Waals surface area (Å²) >= 11 is 0. The fraction of sp³-hybridized carbons (Fsp3) is 0.167. The molecule has 1 aliphatic heterocycles. The first-order chi connectivity index (χ1) is 16.4. The van der Waals surface area contributed by atoms with E-state index in [1.165, 1.54) is 12.1 Å². The number of anilines is 1. The van der Waals surface area contributed by atoms with Crippen molar-refractivity contribution < 1.29 is 18.3 Å². The van der Waals surface area contributed by atoms with Crippen LogP contribution in [-0.4, -0.2) is 64.4 Å². The first kappa shape index (κ1) is 21.9. The minimum atomic E-state index is -4.01. The van der Waals surface area contributed by atoms with Crippen LogP contribution in [0.4, 0.5) is 5.82 Å². The predicted molar refractivity (Wildman–Crippen MR) is 127 cm³/mol. The van der Waals surface area contributed by atoms with Crippen LogP contribution in [0.25, 0.3) is 22.2 Å². The van der Waals surface area contributed by atoms with Gasteiger partial charge < -0.3 is 10.0 Å². The van der Waals surface area contributed by atoms with Crippen LogP contribution in [0.1, 0.15) is 0 Å². The van der Waals surface area contributed by atoms with Crippen LogP contribution in [0.5, 0.6) is 0 Å². The summed E-state index contributed by atoms with van der Waals surface area (Å²) in [6, 6.07) is 16.6. The van der Waals surface area contributed by atoms with Crippen LogP contribution in [0.3, 0.4) is 0 Å². The highest BCUT2D eigenvalue weighted by molar-refractivity contribution is 7.89. The third kappa shape index (κ3) is 4.09. The van der Waals surface area contributed by atoms with Crippen molar-refractivity contribution >= 4 is 32.8 Å². The molecule has 0 radical (unpaired) electrons. The highest BCUT2D eigenvalue weighted by Crippen LogP contribution is 2.27. The number of aliphatic carboxylic acids is 1. The van der Waals surface area contributed by atoms with Crippen molar-refractivity contribution in [3.05, 3.63) is 79.3 Å². The van der Waals surface area contributed by atoms with Crippen molar-refractivity contribution in [2.24, 2.45) is 0 Å². The Morgan fingerprint density at radius 1 is 0.912 bits per heavy atom. The van der Waals surface area contributed by atoms with Crippen LogP contribution >= 0.6 is 0 Å². The lowest BCUT2D eigenvalue weighted by molar-refractivity contribution is -0.141. The Bertz CT molecular complexity index is 1450. The van der Waals surface area contributed by atoms with Gasteiger partial charge in [0.15, 0.2) is 0 Å². The quantitative estimate of drug-likeness (QED) is 0.468. The maximum atomic E-state index is 13.4. The standard InChI is InChI=1S/C24H21N5O4S/c30-24(31)22-16-28(23-15-26-21-14-25-11-10-20(21)27-23)12-13-29(22)34(32,33)19-8-6-18(7-9-19)17-4-2-1-3-5-17/h1-11,14-15,22H,12-13,16H2,(H,30,31)/t22-/m1/s1. The van der Waals surface area contributed by atoms with Crippen molar-refractivity contribution in [1.29, 1.82) is 0 Å². The van der Waals surface area contributed by atoms with Gasteiger partial charge in [0.1, 0.15) is 17.4 Å². The van der Waals surface area contributed by atoms with E-state index >= 15 is 0 Å². The lowest BCUT2D eigenvalue weighted by atomic mass is 10.1. The Balaban J connectivity index is 1.40. The molecular formula is C24H21N5O4S. The molecule has 10 heteroatoms. The second-order valence-electron chi connectivity index (χ2n) is 7.90. The van der Waals surface area contributed by atoms with E-state index in [9.17, 15) is 18.3 Å². The van der Waals surface area contributed by atoms with E-state index in [1.54, 1.807) is 41.7 Å². The van der Waals surface area contributed by atoms with Crippen LogP contribution in [0.2, 0.25) is 0 Å². The maximum absolute atomic E-state index is 13.4. The maximum Gasteiger partial charge on any atom is 0.323 e. The van der Waals surface area contributed by atoms with E-state index in [0.29, 0.717) is 16.9 Å². The Labute approximate surface area is 196 Å². The molecule has 0 aliphatic carbocycles. The van der Waals surface area contributed by atoms with E-state index in [0.717, 1.165) is 15.4 Å². The van der Waals surface area contributed by atoms with Crippen molar-refractivity contribution in [3.8, 4) is 11.1 Å². The first-order valence-corrected chi connectivity index (χ1v) is 12.1. The number of benzene rings is 2. The highest BCUT2D eigenvalue weighted by atomic mass is 32.2. The molecule has 5 rings (SSSR count). The molecule has 1 aliphatic rings.